The first-order valence-electron chi connectivity index (χ1n) is 8.65. The number of hydrogen-bond acceptors (Lipinski definition) is 2. The van der Waals surface area contributed by atoms with Crippen molar-refractivity contribution in [2.75, 3.05) is 0 Å². The highest BCUT2D eigenvalue weighted by molar-refractivity contribution is 5.42. The number of fused-ring (bicyclic) bond motifs is 5. The van der Waals surface area contributed by atoms with Gasteiger partial charge in [-0.2, -0.15) is 0 Å². The zero-order chi connectivity index (χ0) is 15.5. The van der Waals surface area contributed by atoms with Crippen molar-refractivity contribution >= 4 is 0 Å². The van der Waals surface area contributed by atoms with Gasteiger partial charge in [0.15, 0.2) is 0 Å². The Labute approximate surface area is 132 Å². The number of aryl methyl sites for hydroxylation is 1. The van der Waals surface area contributed by atoms with E-state index in [1.54, 1.807) is 0 Å². The minimum atomic E-state index is -0.156. The van der Waals surface area contributed by atoms with Crippen molar-refractivity contribution in [3.8, 4) is 5.75 Å². The number of rotatable bonds is 1. The maximum absolute atomic E-state index is 10.5. The van der Waals surface area contributed by atoms with Crippen molar-refractivity contribution in [1.29, 1.82) is 0 Å². The summed E-state index contributed by atoms with van der Waals surface area (Å²) in [7, 11) is 0. The molecule has 0 aliphatic heterocycles. The largest absolute Gasteiger partial charge is 0.508 e. The van der Waals surface area contributed by atoms with Crippen LogP contribution < -0.4 is 0 Å². The van der Waals surface area contributed by atoms with Crippen LogP contribution in [0.5, 0.6) is 5.75 Å². The number of hydrogen-bond donors (Lipinski definition) is 2. The van der Waals surface area contributed by atoms with E-state index in [1.165, 1.54) is 11.1 Å². The normalized spacial score (nSPS) is 43.1. The monoisotopic (exact) mass is 298 g/mol. The minimum Gasteiger partial charge on any atom is -0.508 e. The smallest absolute Gasteiger partial charge is 0.115 e. The molecule has 2 nitrogen and oxygen atoms in total. The van der Waals surface area contributed by atoms with Crippen molar-refractivity contribution < 1.29 is 10.2 Å². The van der Waals surface area contributed by atoms with E-state index in [0.29, 0.717) is 17.6 Å². The molecule has 0 saturated heterocycles. The molecule has 0 spiro atoms. The van der Waals surface area contributed by atoms with Crippen LogP contribution in [0.2, 0.25) is 0 Å². The zero-order valence-corrected chi connectivity index (χ0v) is 13.4. The zero-order valence-electron chi connectivity index (χ0n) is 13.4. The lowest BCUT2D eigenvalue weighted by Crippen LogP contribution is -2.50. The van der Waals surface area contributed by atoms with Gasteiger partial charge in [0.25, 0.3) is 0 Å². The highest BCUT2D eigenvalue weighted by Crippen LogP contribution is 2.67. The number of aromatic hydroxyl groups is 1. The summed E-state index contributed by atoms with van der Waals surface area (Å²) in [4.78, 5) is 0. The van der Waals surface area contributed by atoms with Gasteiger partial charge >= 0.3 is 0 Å². The molecular formula is C20H26O2. The lowest BCUT2D eigenvalue weighted by molar-refractivity contribution is -0.0528. The lowest BCUT2D eigenvalue weighted by Gasteiger charge is -2.57. The number of allylic oxidation sites excluding steroid dienone is 1. The highest BCUT2D eigenvalue weighted by atomic mass is 16.3. The van der Waals surface area contributed by atoms with Gasteiger partial charge in [-0.25, -0.2) is 0 Å². The summed E-state index contributed by atoms with van der Waals surface area (Å²) in [6.45, 7) is 6.53. The standard InChI is InChI=1S/C20H26O2/c1-3-20-11-8-13-12-14(21)4-5-15(13)16(20)9-10-19(2)17(20)6-7-18(19)22/h3-5,12,16-18,21-22H,1,6-11H2,2H3. The Bertz CT molecular complexity index is 622. The molecule has 0 aromatic heterocycles. The fourth-order valence-corrected chi connectivity index (χ4v) is 6.09. The minimum absolute atomic E-state index is 0.0547. The van der Waals surface area contributed by atoms with Gasteiger partial charge in [0.05, 0.1) is 6.10 Å². The van der Waals surface area contributed by atoms with Crippen molar-refractivity contribution in [2.45, 2.75) is 57.5 Å². The molecule has 0 radical (unpaired) electrons. The number of benzene rings is 1. The van der Waals surface area contributed by atoms with Crippen molar-refractivity contribution in [3.05, 3.63) is 42.0 Å². The fourth-order valence-electron chi connectivity index (χ4n) is 6.09. The van der Waals surface area contributed by atoms with Crippen molar-refractivity contribution in [2.24, 2.45) is 16.7 Å². The molecular weight excluding hydrogens is 272 g/mol. The van der Waals surface area contributed by atoms with Gasteiger partial charge in [-0.05, 0) is 84.5 Å². The molecule has 1 aromatic carbocycles. The molecule has 5 atom stereocenters. The van der Waals surface area contributed by atoms with E-state index in [0.717, 1.165) is 38.5 Å². The molecule has 4 rings (SSSR count). The topological polar surface area (TPSA) is 40.5 Å². The van der Waals surface area contributed by atoms with E-state index in [-0.39, 0.29) is 16.9 Å². The quantitative estimate of drug-likeness (QED) is 0.764. The van der Waals surface area contributed by atoms with Crippen LogP contribution in [0.25, 0.3) is 0 Å². The van der Waals surface area contributed by atoms with Crippen molar-refractivity contribution in [1.82, 2.24) is 0 Å². The highest BCUT2D eigenvalue weighted by Gasteiger charge is 2.60. The first kappa shape index (κ1) is 14.3. The average Bonchev–Trinajstić information content (AvgIpc) is 2.82. The van der Waals surface area contributed by atoms with E-state index in [2.05, 4.69) is 25.6 Å². The van der Waals surface area contributed by atoms with Crippen LogP contribution in [0.4, 0.5) is 0 Å². The third-order valence-corrected chi connectivity index (χ3v) is 7.26. The van der Waals surface area contributed by atoms with Crippen LogP contribution in [0.15, 0.2) is 30.9 Å². The van der Waals surface area contributed by atoms with Gasteiger partial charge in [0.2, 0.25) is 0 Å². The van der Waals surface area contributed by atoms with E-state index < -0.39 is 0 Å². The van der Waals surface area contributed by atoms with Crippen LogP contribution >= 0.6 is 0 Å². The first-order chi connectivity index (χ1) is 10.5. The van der Waals surface area contributed by atoms with E-state index >= 15 is 0 Å². The summed E-state index contributed by atoms with van der Waals surface area (Å²) in [5.74, 6) is 1.41. The van der Waals surface area contributed by atoms with Gasteiger partial charge in [0, 0.05) is 0 Å². The molecule has 1 aromatic rings. The molecule has 0 amide bonds. The fraction of sp³-hybridized carbons (Fsp3) is 0.600. The molecule has 118 valence electrons. The van der Waals surface area contributed by atoms with Crippen LogP contribution in [0, 0.1) is 16.7 Å². The summed E-state index contributed by atoms with van der Waals surface area (Å²) < 4.78 is 0. The van der Waals surface area contributed by atoms with Crippen molar-refractivity contribution in [3.63, 3.8) is 0 Å². The molecule has 5 unspecified atom stereocenters. The van der Waals surface area contributed by atoms with E-state index in [1.807, 2.05) is 12.1 Å². The predicted molar refractivity (Wildman–Crippen MR) is 87.9 cm³/mol. The Hall–Kier alpha value is -1.28. The number of phenols is 1. The molecule has 0 heterocycles. The molecule has 3 aliphatic rings. The Morgan fingerprint density at radius 3 is 2.82 bits per heavy atom. The second kappa shape index (κ2) is 4.61. The number of aliphatic hydroxyl groups is 1. The van der Waals surface area contributed by atoms with E-state index in [4.69, 9.17) is 0 Å². The summed E-state index contributed by atoms with van der Waals surface area (Å²) in [6.07, 6.45) is 8.44. The maximum atomic E-state index is 10.5. The third-order valence-electron chi connectivity index (χ3n) is 7.26. The van der Waals surface area contributed by atoms with Gasteiger partial charge in [-0.15, -0.1) is 6.58 Å². The second-order valence-electron chi connectivity index (χ2n) is 7.94. The van der Waals surface area contributed by atoms with Crippen LogP contribution in [0.1, 0.15) is 56.1 Å². The SMILES string of the molecule is C=CC12CCc3cc(O)ccc3C1CCC1(C)C(O)CCC12. The molecule has 2 saturated carbocycles. The Morgan fingerprint density at radius 2 is 2.05 bits per heavy atom. The molecule has 2 fully saturated rings. The average molecular weight is 298 g/mol. The first-order valence-corrected chi connectivity index (χ1v) is 8.65. The van der Waals surface area contributed by atoms with Gasteiger partial charge in [-0.3, -0.25) is 0 Å². The molecule has 2 N–H and O–H groups in total. The molecule has 3 aliphatic carbocycles. The number of phenolic OH excluding ortho intramolecular Hbond substituents is 1. The molecule has 22 heavy (non-hydrogen) atoms. The molecule has 2 heteroatoms. The second-order valence-corrected chi connectivity index (χ2v) is 7.94. The van der Waals surface area contributed by atoms with Crippen LogP contribution in [0.3, 0.4) is 0 Å². The Balaban J connectivity index is 1.83. The predicted octanol–water partition coefficient (Wildman–Crippen LogP) is 4.17. The van der Waals surface area contributed by atoms with E-state index in [9.17, 15) is 10.2 Å². The number of aliphatic hydroxyl groups excluding tert-OH is 1. The molecule has 0 bridgehead atoms. The summed E-state index contributed by atoms with van der Waals surface area (Å²) in [5.41, 5.74) is 2.89. The Morgan fingerprint density at radius 1 is 1.23 bits per heavy atom. The summed E-state index contributed by atoms with van der Waals surface area (Å²) in [6, 6.07) is 5.90. The van der Waals surface area contributed by atoms with Crippen LogP contribution in [-0.2, 0) is 6.42 Å². The summed E-state index contributed by atoms with van der Waals surface area (Å²) >= 11 is 0. The van der Waals surface area contributed by atoms with Gasteiger partial charge in [0.1, 0.15) is 5.75 Å². The lowest BCUT2D eigenvalue weighted by atomic mass is 9.47. The summed E-state index contributed by atoms with van der Waals surface area (Å²) in [5, 5.41) is 20.3. The van der Waals surface area contributed by atoms with Gasteiger partial charge < -0.3 is 10.2 Å². The Kier molecular flexibility index (Phi) is 3.00. The third kappa shape index (κ3) is 1.65. The van der Waals surface area contributed by atoms with Gasteiger partial charge in [-0.1, -0.05) is 19.1 Å². The van der Waals surface area contributed by atoms with Crippen LogP contribution in [-0.4, -0.2) is 16.3 Å². The maximum Gasteiger partial charge on any atom is 0.115 e.